The monoisotopic (exact) mass is 411 g/mol. The molecule has 1 saturated heterocycles. The van der Waals surface area contributed by atoms with E-state index in [2.05, 4.69) is 0 Å². The lowest BCUT2D eigenvalue weighted by atomic mass is 10.1. The lowest BCUT2D eigenvalue weighted by molar-refractivity contribution is -0.147. The molecule has 1 fully saturated rings. The Labute approximate surface area is 175 Å². The molecule has 3 rings (SSSR count). The number of esters is 1. The lowest BCUT2D eigenvalue weighted by Gasteiger charge is -2.25. The van der Waals surface area contributed by atoms with E-state index >= 15 is 0 Å². The third-order valence-electron chi connectivity index (χ3n) is 5.29. The maximum atomic E-state index is 12.5. The number of carbonyl (C=O) groups is 3. The van der Waals surface area contributed by atoms with E-state index in [-0.39, 0.29) is 30.7 Å². The van der Waals surface area contributed by atoms with Crippen molar-refractivity contribution in [1.29, 1.82) is 0 Å². The van der Waals surface area contributed by atoms with Crippen LogP contribution in [0.15, 0.2) is 48.5 Å². The number of amides is 1. The zero-order chi connectivity index (χ0) is 21.7. The minimum atomic E-state index is -0.582. The predicted octanol–water partition coefficient (Wildman–Crippen LogP) is 3.04. The van der Waals surface area contributed by atoms with Crippen molar-refractivity contribution in [2.45, 2.75) is 19.4 Å². The molecule has 0 aromatic heterocycles. The van der Waals surface area contributed by atoms with Crippen LogP contribution in [0, 0.1) is 5.92 Å². The van der Waals surface area contributed by atoms with Gasteiger partial charge in [-0.05, 0) is 30.7 Å². The first-order valence-corrected chi connectivity index (χ1v) is 9.70. The second kappa shape index (κ2) is 9.43. The molecule has 1 heterocycles. The summed E-state index contributed by atoms with van der Waals surface area (Å²) in [5.41, 5.74) is 1.35. The number of likely N-dealkylation sites (tertiary alicyclic amines) is 1. The largest absolute Gasteiger partial charge is 0.493 e. The van der Waals surface area contributed by atoms with Gasteiger partial charge in [0.15, 0.2) is 23.9 Å². The number of hydrogen-bond donors (Lipinski definition) is 0. The van der Waals surface area contributed by atoms with Crippen LogP contribution in [0.3, 0.4) is 0 Å². The highest BCUT2D eigenvalue weighted by atomic mass is 16.5. The van der Waals surface area contributed by atoms with Gasteiger partial charge in [-0.3, -0.25) is 14.4 Å². The van der Waals surface area contributed by atoms with Crippen LogP contribution in [0.5, 0.6) is 11.5 Å². The Hall–Kier alpha value is -3.35. The van der Waals surface area contributed by atoms with Crippen molar-refractivity contribution in [1.82, 2.24) is 4.90 Å². The topological polar surface area (TPSA) is 82.1 Å². The molecule has 0 N–H and O–H groups in total. The van der Waals surface area contributed by atoms with Gasteiger partial charge in [0, 0.05) is 18.5 Å². The smallest absolute Gasteiger partial charge is 0.311 e. The van der Waals surface area contributed by atoms with Crippen LogP contribution >= 0.6 is 0 Å². The highest BCUT2D eigenvalue weighted by Gasteiger charge is 2.38. The molecule has 7 nitrogen and oxygen atoms in total. The summed E-state index contributed by atoms with van der Waals surface area (Å²) in [5.74, 6) is -0.658. The van der Waals surface area contributed by atoms with Crippen molar-refractivity contribution in [3.63, 3.8) is 0 Å². The Bertz CT molecular complexity index is 927. The molecular formula is C23H25NO6. The van der Waals surface area contributed by atoms with Gasteiger partial charge >= 0.3 is 5.97 Å². The minimum Gasteiger partial charge on any atom is -0.493 e. The van der Waals surface area contributed by atoms with Crippen molar-refractivity contribution < 1.29 is 28.6 Å². The molecule has 2 aromatic rings. The van der Waals surface area contributed by atoms with Crippen LogP contribution < -0.4 is 9.47 Å². The zero-order valence-corrected chi connectivity index (χ0v) is 17.3. The Morgan fingerprint density at radius 3 is 2.43 bits per heavy atom. The molecular weight excluding hydrogens is 386 g/mol. The third-order valence-corrected chi connectivity index (χ3v) is 5.29. The Morgan fingerprint density at radius 1 is 1.07 bits per heavy atom. The zero-order valence-electron chi connectivity index (χ0n) is 17.3. The average molecular weight is 411 g/mol. The van der Waals surface area contributed by atoms with Crippen molar-refractivity contribution in [2.24, 2.45) is 5.92 Å². The molecule has 0 saturated carbocycles. The van der Waals surface area contributed by atoms with Crippen LogP contribution in [-0.4, -0.2) is 49.9 Å². The van der Waals surface area contributed by atoms with Crippen molar-refractivity contribution in [3.8, 4) is 11.5 Å². The fourth-order valence-corrected chi connectivity index (χ4v) is 3.52. The van der Waals surface area contributed by atoms with Crippen LogP contribution in [0.2, 0.25) is 0 Å². The van der Waals surface area contributed by atoms with E-state index in [1.807, 2.05) is 37.3 Å². The summed E-state index contributed by atoms with van der Waals surface area (Å²) in [5, 5.41) is 0. The third kappa shape index (κ3) is 4.62. The number of methoxy groups -OCH3 is 2. The summed E-state index contributed by atoms with van der Waals surface area (Å²) in [6, 6.07) is 14.2. The second-order valence-corrected chi connectivity index (χ2v) is 7.13. The summed E-state index contributed by atoms with van der Waals surface area (Å²) in [7, 11) is 2.98. The van der Waals surface area contributed by atoms with Gasteiger partial charge in [-0.2, -0.15) is 0 Å². The van der Waals surface area contributed by atoms with Gasteiger partial charge in [0.05, 0.1) is 26.2 Å². The number of benzene rings is 2. The second-order valence-electron chi connectivity index (χ2n) is 7.13. The number of rotatable bonds is 8. The van der Waals surface area contributed by atoms with Crippen LogP contribution in [-0.2, 0) is 14.3 Å². The van der Waals surface area contributed by atoms with Crippen LogP contribution in [0.1, 0.15) is 35.3 Å². The van der Waals surface area contributed by atoms with Gasteiger partial charge in [-0.1, -0.05) is 30.3 Å². The predicted molar refractivity (Wildman–Crippen MR) is 110 cm³/mol. The molecule has 30 heavy (non-hydrogen) atoms. The fourth-order valence-electron chi connectivity index (χ4n) is 3.52. The molecule has 0 radical (unpaired) electrons. The molecule has 0 aliphatic carbocycles. The van der Waals surface area contributed by atoms with Gasteiger partial charge in [-0.15, -0.1) is 0 Å². The van der Waals surface area contributed by atoms with Crippen molar-refractivity contribution >= 4 is 17.7 Å². The first-order valence-electron chi connectivity index (χ1n) is 9.70. The van der Waals surface area contributed by atoms with Gasteiger partial charge in [0.1, 0.15) is 0 Å². The van der Waals surface area contributed by atoms with E-state index in [0.29, 0.717) is 17.1 Å². The van der Waals surface area contributed by atoms with Gasteiger partial charge in [0.2, 0.25) is 5.91 Å². The number of nitrogens with zero attached hydrogens (tertiary/aromatic N) is 1. The normalized spacial score (nSPS) is 16.8. The molecule has 0 spiro atoms. The van der Waals surface area contributed by atoms with Crippen molar-refractivity contribution in [3.05, 3.63) is 59.7 Å². The summed E-state index contributed by atoms with van der Waals surface area (Å²) >= 11 is 0. The Morgan fingerprint density at radius 2 is 1.77 bits per heavy atom. The lowest BCUT2D eigenvalue weighted by Crippen LogP contribution is -2.30. The molecule has 158 valence electrons. The number of hydrogen-bond acceptors (Lipinski definition) is 6. The van der Waals surface area contributed by atoms with E-state index in [1.54, 1.807) is 17.0 Å². The minimum absolute atomic E-state index is 0.0839. The van der Waals surface area contributed by atoms with Gasteiger partial charge in [0.25, 0.3) is 0 Å². The SMILES string of the molecule is COc1ccc(C(=O)COC(=O)[C@H]2CC(=O)N([C@@H](C)c3ccccc3)C2)cc1OC. The number of ether oxygens (including phenoxy) is 3. The summed E-state index contributed by atoms with van der Waals surface area (Å²) < 4.78 is 15.6. The maximum Gasteiger partial charge on any atom is 0.311 e. The Kier molecular flexibility index (Phi) is 6.72. The molecule has 2 atom stereocenters. The molecule has 7 heteroatoms. The van der Waals surface area contributed by atoms with Crippen LogP contribution in [0.4, 0.5) is 0 Å². The van der Waals surface area contributed by atoms with E-state index < -0.39 is 18.5 Å². The molecule has 1 amide bonds. The van der Waals surface area contributed by atoms with Crippen LogP contribution in [0.25, 0.3) is 0 Å². The number of ketones is 1. The highest BCUT2D eigenvalue weighted by molar-refractivity contribution is 5.99. The van der Waals surface area contributed by atoms with E-state index in [4.69, 9.17) is 14.2 Å². The average Bonchev–Trinajstić information content (AvgIpc) is 3.18. The number of Topliss-reactive ketones (excluding diaryl/α,β-unsaturated/α-hetero) is 1. The van der Waals surface area contributed by atoms with E-state index in [9.17, 15) is 14.4 Å². The number of carbonyl (C=O) groups excluding carboxylic acids is 3. The molecule has 2 aromatic carbocycles. The molecule has 1 aliphatic heterocycles. The molecule has 0 unspecified atom stereocenters. The van der Waals surface area contributed by atoms with E-state index in [0.717, 1.165) is 5.56 Å². The van der Waals surface area contributed by atoms with Crippen molar-refractivity contribution in [2.75, 3.05) is 27.4 Å². The van der Waals surface area contributed by atoms with E-state index in [1.165, 1.54) is 20.3 Å². The highest BCUT2D eigenvalue weighted by Crippen LogP contribution is 2.30. The maximum absolute atomic E-state index is 12.5. The molecule has 1 aliphatic rings. The van der Waals surface area contributed by atoms with Gasteiger partial charge < -0.3 is 19.1 Å². The van der Waals surface area contributed by atoms with Gasteiger partial charge in [-0.25, -0.2) is 0 Å². The molecule has 0 bridgehead atoms. The summed E-state index contributed by atoms with van der Waals surface area (Å²) in [4.78, 5) is 39.0. The first kappa shape index (κ1) is 21.4. The summed E-state index contributed by atoms with van der Waals surface area (Å²) in [6.07, 6.45) is 0.0839. The quantitative estimate of drug-likeness (QED) is 0.491. The fraction of sp³-hybridized carbons (Fsp3) is 0.348. The standard InChI is InChI=1S/C23H25NO6/c1-15(16-7-5-4-6-8-16)24-13-18(12-22(24)26)23(27)30-14-19(25)17-9-10-20(28-2)21(11-17)29-3/h4-11,15,18H,12-14H2,1-3H3/t15-,18-/m0/s1. The summed E-state index contributed by atoms with van der Waals surface area (Å²) in [6.45, 7) is 1.81. The Balaban J connectivity index is 1.58. The first-order chi connectivity index (χ1) is 14.4.